The van der Waals surface area contributed by atoms with Crippen molar-refractivity contribution in [3.8, 4) is 17.2 Å². The minimum Gasteiger partial charge on any atom is -0.316 e. The van der Waals surface area contributed by atoms with Gasteiger partial charge in [0.05, 0.1) is 11.6 Å². The first-order valence-electron chi connectivity index (χ1n) is 5.57. The van der Waals surface area contributed by atoms with E-state index in [0.29, 0.717) is 5.56 Å². The van der Waals surface area contributed by atoms with Gasteiger partial charge >= 0.3 is 0 Å². The molecule has 2 aromatic carbocycles. The molecule has 0 atom stereocenters. The molecule has 0 amide bonds. The van der Waals surface area contributed by atoms with Gasteiger partial charge in [0.15, 0.2) is 0 Å². The number of nitriles is 1. The van der Waals surface area contributed by atoms with Gasteiger partial charge < -0.3 is 5.32 Å². The molecule has 0 spiro atoms. The summed E-state index contributed by atoms with van der Waals surface area (Å²) in [7, 11) is 1.94. The van der Waals surface area contributed by atoms with Gasteiger partial charge in [-0.15, -0.1) is 0 Å². The van der Waals surface area contributed by atoms with Crippen LogP contribution in [-0.4, -0.2) is 7.05 Å². The first kappa shape index (κ1) is 11.4. The quantitative estimate of drug-likeness (QED) is 0.866. The Morgan fingerprint density at radius 3 is 1.94 bits per heavy atom. The van der Waals surface area contributed by atoms with Crippen LogP contribution >= 0.6 is 0 Å². The van der Waals surface area contributed by atoms with E-state index in [1.165, 1.54) is 11.1 Å². The molecular weight excluding hydrogens is 208 g/mol. The van der Waals surface area contributed by atoms with Gasteiger partial charge in [-0.2, -0.15) is 5.26 Å². The molecule has 0 aromatic heterocycles. The summed E-state index contributed by atoms with van der Waals surface area (Å²) in [5, 5.41) is 11.9. The highest BCUT2D eigenvalue weighted by Gasteiger charge is 1.98. The zero-order valence-corrected chi connectivity index (χ0v) is 9.77. The molecule has 0 fully saturated rings. The molecule has 0 saturated heterocycles. The largest absolute Gasteiger partial charge is 0.316 e. The smallest absolute Gasteiger partial charge is 0.0991 e. The topological polar surface area (TPSA) is 35.8 Å². The van der Waals surface area contributed by atoms with E-state index in [-0.39, 0.29) is 0 Å². The number of benzene rings is 2. The molecule has 0 aliphatic rings. The predicted octanol–water partition coefficient (Wildman–Crippen LogP) is 2.94. The van der Waals surface area contributed by atoms with Crippen LogP contribution in [0.2, 0.25) is 0 Å². The van der Waals surface area contributed by atoms with Crippen molar-refractivity contribution in [2.45, 2.75) is 6.54 Å². The predicted molar refractivity (Wildman–Crippen MR) is 69.4 cm³/mol. The average molecular weight is 222 g/mol. The summed E-state index contributed by atoms with van der Waals surface area (Å²) in [4.78, 5) is 0. The molecule has 2 nitrogen and oxygen atoms in total. The van der Waals surface area contributed by atoms with Crippen molar-refractivity contribution < 1.29 is 0 Å². The van der Waals surface area contributed by atoms with Gasteiger partial charge in [0.25, 0.3) is 0 Å². The Morgan fingerprint density at radius 2 is 1.47 bits per heavy atom. The summed E-state index contributed by atoms with van der Waals surface area (Å²) in [6.07, 6.45) is 0. The lowest BCUT2D eigenvalue weighted by atomic mass is 10.0. The first-order chi connectivity index (χ1) is 8.33. The number of hydrogen-bond acceptors (Lipinski definition) is 2. The third kappa shape index (κ3) is 2.72. The van der Waals surface area contributed by atoms with Crippen molar-refractivity contribution in [2.75, 3.05) is 7.05 Å². The van der Waals surface area contributed by atoms with E-state index in [4.69, 9.17) is 5.26 Å². The van der Waals surface area contributed by atoms with Crippen molar-refractivity contribution in [1.29, 1.82) is 5.26 Å². The van der Waals surface area contributed by atoms with Crippen LogP contribution < -0.4 is 5.32 Å². The van der Waals surface area contributed by atoms with Crippen molar-refractivity contribution in [3.63, 3.8) is 0 Å². The van der Waals surface area contributed by atoms with Crippen molar-refractivity contribution in [2.24, 2.45) is 0 Å². The summed E-state index contributed by atoms with van der Waals surface area (Å²) in [6.45, 7) is 0.883. The SMILES string of the molecule is CNCc1ccc(-c2ccc(C#N)cc2)cc1. The molecule has 2 rings (SSSR count). The van der Waals surface area contributed by atoms with Crippen LogP contribution in [0.4, 0.5) is 0 Å². The van der Waals surface area contributed by atoms with Crippen LogP contribution in [0.3, 0.4) is 0 Å². The maximum absolute atomic E-state index is 8.74. The zero-order valence-electron chi connectivity index (χ0n) is 9.77. The number of rotatable bonds is 3. The second kappa shape index (κ2) is 5.29. The minimum atomic E-state index is 0.695. The maximum Gasteiger partial charge on any atom is 0.0991 e. The average Bonchev–Trinajstić information content (AvgIpc) is 2.40. The number of nitrogens with one attached hydrogen (secondary N) is 1. The second-order valence-electron chi connectivity index (χ2n) is 3.92. The Bertz CT molecular complexity index is 518. The highest BCUT2D eigenvalue weighted by Crippen LogP contribution is 2.20. The van der Waals surface area contributed by atoms with Gasteiger partial charge in [-0.3, -0.25) is 0 Å². The van der Waals surface area contributed by atoms with Crippen LogP contribution in [0.1, 0.15) is 11.1 Å². The van der Waals surface area contributed by atoms with Crippen LogP contribution in [0, 0.1) is 11.3 Å². The third-order valence-corrected chi connectivity index (χ3v) is 2.68. The van der Waals surface area contributed by atoms with Crippen LogP contribution in [0.15, 0.2) is 48.5 Å². The fraction of sp³-hybridized carbons (Fsp3) is 0.133. The molecule has 1 N–H and O–H groups in total. The van der Waals surface area contributed by atoms with Crippen LogP contribution in [0.25, 0.3) is 11.1 Å². The summed E-state index contributed by atoms with van der Waals surface area (Å²) in [5.74, 6) is 0. The van der Waals surface area contributed by atoms with Gasteiger partial charge in [0.1, 0.15) is 0 Å². The molecule has 2 heteroatoms. The summed E-state index contributed by atoms with van der Waals surface area (Å²) < 4.78 is 0. The molecule has 0 aliphatic carbocycles. The Balaban J connectivity index is 2.24. The molecular formula is C15H14N2. The molecule has 17 heavy (non-hydrogen) atoms. The Hall–Kier alpha value is -2.11. The molecule has 84 valence electrons. The highest BCUT2D eigenvalue weighted by molar-refractivity contribution is 5.64. The number of hydrogen-bond donors (Lipinski definition) is 1. The normalized spacial score (nSPS) is 9.88. The lowest BCUT2D eigenvalue weighted by Gasteiger charge is -2.04. The number of nitrogens with zero attached hydrogens (tertiary/aromatic N) is 1. The molecule has 2 aromatic rings. The lowest BCUT2D eigenvalue weighted by Crippen LogP contribution is -2.04. The summed E-state index contributed by atoms with van der Waals surface area (Å²) in [5.41, 5.74) is 4.28. The van der Waals surface area contributed by atoms with Gasteiger partial charge in [-0.25, -0.2) is 0 Å². The van der Waals surface area contributed by atoms with Crippen molar-refractivity contribution in [1.82, 2.24) is 5.32 Å². The van der Waals surface area contributed by atoms with Crippen LogP contribution in [0.5, 0.6) is 0 Å². The monoisotopic (exact) mass is 222 g/mol. The van der Waals surface area contributed by atoms with Crippen LogP contribution in [-0.2, 0) is 6.54 Å². The fourth-order valence-corrected chi connectivity index (χ4v) is 1.76. The maximum atomic E-state index is 8.74. The van der Waals surface area contributed by atoms with E-state index in [1.54, 1.807) is 0 Å². The third-order valence-electron chi connectivity index (χ3n) is 2.68. The minimum absolute atomic E-state index is 0.695. The van der Waals surface area contributed by atoms with E-state index >= 15 is 0 Å². The van der Waals surface area contributed by atoms with Gasteiger partial charge in [0.2, 0.25) is 0 Å². The molecule has 0 heterocycles. The Morgan fingerprint density at radius 1 is 0.941 bits per heavy atom. The molecule has 0 saturated carbocycles. The van der Waals surface area contributed by atoms with E-state index in [9.17, 15) is 0 Å². The Kier molecular flexibility index (Phi) is 3.54. The van der Waals surface area contributed by atoms with E-state index in [0.717, 1.165) is 12.1 Å². The highest BCUT2D eigenvalue weighted by atomic mass is 14.8. The lowest BCUT2D eigenvalue weighted by molar-refractivity contribution is 0.818. The Labute approximate surface area is 102 Å². The van der Waals surface area contributed by atoms with Gasteiger partial charge in [-0.05, 0) is 35.9 Å². The molecule has 0 aliphatic heterocycles. The van der Waals surface area contributed by atoms with Gasteiger partial charge in [-0.1, -0.05) is 36.4 Å². The molecule has 0 bridgehead atoms. The molecule has 0 unspecified atom stereocenters. The molecule has 0 radical (unpaired) electrons. The van der Waals surface area contributed by atoms with E-state index in [2.05, 4.69) is 35.7 Å². The van der Waals surface area contributed by atoms with E-state index < -0.39 is 0 Å². The zero-order chi connectivity index (χ0) is 12.1. The summed E-state index contributed by atoms with van der Waals surface area (Å²) >= 11 is 0. The van der Waals surface area contributed by atoms with Gasteiger partial charge in [0, 0.05) is 6.54 Å². The van der Waals surface area contributed by atoms with Crippen molar-refractivity contribution >= 4 is 0 Å². The fourth-order valence-electron chi connectivity index (χ4n) is 1.76. The standard InChI is InChI=1S/C15H14N2/c1-17-11-13-4-8-15(9-5-13)14-6-2-12(10-16)3-7-14/h2-9,17H,11H2,1H3. The summed E-state index contributed by atoms with van der Waals surface area (Å²) in [6, 6.07) is 18.2. The van der Waals surface area contributed by atoms with Crippen molar-refractivity contribution in [3.05, 3.63) is 59.7 Å². The van der Waals surface area contributed by atoms with E-state index in [1.807, 2.05) is 31.3 Å². The first-order valence-corrected chi connectivity index (χ1v) is 5.57. The second-order valence-corrected chi connectivity index (χ2v) is 3.92.